The van der Waals surface area contributed by atoms with Gasteiger partial charge in [-0.05, 0) is 74.9 Å². The van der Waals surface area contributed by atoms with E-state index in [2.05, 4.69) is 65.8 Å². The van der Waals surface area contributed by atoms with Gasteiger partial charge in [0.2, 0.25) is 0 Å². The number of ether oxygens (including phenoxy) is 2. The van der Waals surface area contributed by atoms with E-state index in [9.17, 15) is 0 Å². The fraction of sp³-hybridized carbons (Fsp3) is 0.455. The molecular formula is C22H30O2. The van der Waals surface area contributed by atoms with E-state index in [0.717, 1.165) is 48.7 Å². The molecule has 0 N–H and O–H groups in total. The molecule has 0 aliphatic heterocycles. The van der Waals surface area contributed by atoms with Crippen LogP contribution in [0.2, 0.25) is 0 Å². The van der Waals surface area contributed by atoms with E-state index in [1.807, 2.05) is 0 Å². The molecule has 0 aliphatic carbocycles. The summed E-state index contributed by atoms with van der Waals surface area (Å²) in [5, 5.41) is 0. The molecular weight excluding hydrogens is 296 g/mol. The van der Waals surface area contributed by atoms with Crippen molar-refractivity contribution in [2.45, 2.75) is 54.4 Å². The van der Waals surface area contributed by atoms with Gasteiger partial charge in [-0.1, -0.05) is 26.0 Å². The Morgan fingerprint density at radius 3 is 1.33 bits per heavy atom. The van der Waals surface area contributed by atoms with Gasteiger partial charge in [-0.25, -0.2) is 0 Å². The summed E-state index contributed by atoms with van der Waals surface area (Å²) < 4.78 is 12.2. The van der Waals surface area contributed by atoms with E-state index in [-0.39, 0.29) is 0 Å². The number of aryl methyl sites for hydroxylation is 4. The summed E-state index contributed by atoms with van der Waals surface area (Å²) in [7, 11) is 0. The van der Waals surface area contributed by atoms with E-state index < -0.39 is 0 Å². The Balaban J connectivity index is 2.66. The van der Waals surface area contributed by atoms with Gasteiger partial charge in [0, 0.05) is 11.1 Å². The second-order valence-corrected chi connectivity index (χ2v) is 6.61. The zero-order valence-corrected chi connectivity index (χ0v) is 16.0. The fourth-order valence-electron chi connectivity index (χ4n) is 3.15. The van der Waals surface area contributed by atoms with Gasteiger partial charge in [-0.2, -0.15) is 0 Å². The van der Waals surface area contributed by atoms with Gasteiger partial charge < -0.3 is 9.47 Å². The van der Waals surface area contributed by atoms with Crippen molar-refractivity contribution in [2.75, 3.05) is 13.2 Å². The van der Waals surface area contributed by atoms with Crippen LogP contribution >= 0.6 is 0 Å². The van der Waals surface area contributed by atoms with Crippen molar-refractivity contribution in [1.29, 1.82) is 0 Å². The summed E-state index contributed by atoms with van der Waals surface area (Å²) in [4.78, 5) is 0. The third kappa shape index (κ3) is 4.11. The molecule has 0 aliphatic rings. The monoisotopic (exact) mass is 326 g/mol. The van der Waals surface area contributed by atoms with Crippen LogP contribution < -0.4 is 9.47 Å². The van der Waals surface area contributed by atoms with Crippen molar-refractivity contribution in [3.63, 3.8) is 0 Å². The predicted molar refractivity (Wildman–Crippen MR) is 102 cm³/mol. The first-order valence-electron chi connectivity index (χ1n) is 8.96. The molecule has 0 aromatic heterocycles. The van der Waals surface area contributed by atoms with Crippen molar-refractivity contribution >= 4 is 0 Å². The van der Waals surface area contributed by atoms with Crippen molar-refractivity contribution in [2.24, 2.45) is 0 Å². The second kappa shape index (κ2) is 8.23. The van der Waals surface area contributed by atoms with Crippen molar-refractivity contribution in [1.82, 2.24) is 0 Å². The van der Waals surface area contributed by atoms with Crippen LogP contribution in [-0.4, -0.2) is 13.2 Å². The van der Waals surface area contributed by atoms with Gasteiger partial charge >= 0.3 is 0 Å². The van der Waals surface area contributed by atoms with Crippen LogP contribution in [0.4, 0.5) is 0 Å². The molecule has 0 amide bonds. The molecule has 0 saturated heterocycles. The highest BCUT2D eigenvalue weighted by atomic mass is 16.5. The largest absolute Gasteiger partial charge is 0.493 e. The molecule has 0 heterocycles. The van der Waals surface area contributed by atoms with Gasteiger partial charge in [0.1, 0.15) is 11.5 Å². The molecule has 0 bridgehead atoms. The summed E-state index contributed by atoms with van der Waals surface area (Å²) in [5.41, 5.74) is 7.24. The van der Waals surface area contributed by atoms with Gasteiger partial charge in [0.15, 0.2) is 0 Å². The first-order valence-corrected chi connectivity index (χ1v) is 8.96. The highest BCUT2D eigenvalue weighted by molar-refractivity contribution is 5.82. The quantitative estimate of drug-likeness (QED) is 0.606. The molecule has 0 unspecified atom stereocenters. The summed E-state index contributed by atoms with van der Waals surface area (Å²) >= 11 is 0. The topological polar surface area (TPSA) is 18.5 Å². The lowest BCUT2D eigenvalue weighted by Gasteiger charge is -2.20. The number of hydrogen-bond donors (Lipinski definition) is 0. The molecule has 2 heteroatoms. The standard InChI is InChI=1S/C22H30O2/c1-7-9-23-19-13-15(3)11-17(5)21(19)22-18(6)12-16(4)14-20(22)24-10-8-2/h11-14H,7-10H2,1-6H3. The molecule has 2 nitrogen and oxygen atoms in total. The van der Waals surface area contributed by atoms with Gasteiger partial charge in [-0.15, -0.1) is 0 Å². The maximum Gasteiger partial charge on any atom is 0.127 e. The first kappa shape index (κ1) is 18.4. The lowest BCUT2D eigenvalue weighted by Crippen LogP contribution is -2.03. The Labute approximate surface area is 146 Å². The van der Waals surface area contributed by atoms with E-state index >= 15 is 0 Å². The third-order valence-corrected chi connectivity index (χ3v) is 4.06. The number of benzene rings is 2. The highest BCUT2D eigenvalue weighted by Gasteiger charge is 2.18. The van der Waals surface area contributed by atoms with E-state index in [0.29, 0.717) is 0 Å². The average molecular weight is 326 g/mol. The number of rotatable bonds is 7. The Morgan fingerprint density at radius 1 is 0.625 bits per heavy atom. The van der Waals surface area contributed by atoms with Gasteiger partial charge in [0.05, 0.1) is 13.2 Å². The van der Waals surface area contributed by atoms with E-state index in [1.165, 1.54) is 22.3 Å². The van der Waals surface area contributed by atoms with Crippen molar-refractivity contribution in [3.05, 3.63) is 46.5 Å². The van der Waals surface area contributed by atoms with E-state index in [1.54, 1.807) is 0 Å². The van der Waals surface area contributed by atoms with Crippen LogP contribution in [0.25, 0.3) is 11.1 Å². The minimum atomic E-state index is 0.728. The molecule has 0 radical (unpaired) electrons. The number of hydrogen-bond acceptors (Lipinski definition) is 2. The lowest BCUT2D eigenvalue weighted by molar-refractivity contribution is 0.313. The Kier molecular flexibility index (Phi) is 6.30. The summed E-state index contributed by atoms with van der Waals surface area (Å²) in [6, 6.07) is 8.72. The minimum Gasteiger partial charge on any atom is -0.493 e. The Bertz CT molecular complexity index is 640. The smallest absolute Gasteiger partial charge is 0.127 e. The molecule has 0 atom stereocenters. The molecule has 130 valence electrons. The SMILES string of the molecule is CCCOc1cc(C)cc(C)c1-c1c(C)cc(C)cc1OCCC. The molecule has 2 rings (SSSR count). The van der Waals surface area contributed by atoms with Gasteiger partial charge in [0.25, 0.3) is 0 Å². The van der Waals surface area contributed by atoms with E-state index in [4.69, 9.17) is 9.47 Å². The van der Waals surface area contributed by atoms with Gasteiger partial charge in [-0.3, -0.25) is 0 Å². The molecule has 0 spiro atoms. The van der Waals surface area contributed by atoms with Crippen LogP contribution in [0.1, 0.15) is 48.9 Å². The molecule has 0 fully saturated rings. The third-order valence-electron chi connectivity index (χ3n) is 4.06. The van der Waals surface area contributed by atoms with Crippen LogP contribution in [0.3, 0.4) is 0 Å². The molecule has 24 heavy (non-hydrogen) atoms. The Morgan fingerprint density at radius 2 is 1.00 bits per heavy atom. The van der Waals surface area contributed by atoms with Crippen LogP contribution in [-0.2, 0) is 0 Å². The van der Waals surface area contributed by atoms with Crippen molar-refractivity contribution < 1.29 is 9.47 Å². The Hall–Kier alpha value is -1.96. The van der Waals surface area contributed by atoms with Crippen LogP contribution in [0, 0.1) is 27.7 Å². The zero-order chi connectivity index (χ0) is 17.7. The lowest BCUT2D eigenvalue weighted by atomic mass is 9.92. The molecule has 2 aromatic carbocycles. The predicted octanol–water partition coefficient (Wildman–Crippen LogP) is 6.16. The second-order valence-electron chi connectivity index (χ2n) is 6.61. The van der Waals surface area contributed by atoms with Crippen LogP contribution in [0.5, 0.6) is 11.5 Å². The molecule has 0 saturated carbocycles. The normalized spacial score (nSPS) is 10.8. The summed E-state index contributed by atoms with van der Waals surface area (Å²) in [5.74, 6) is 1.92. The first-order chi connectivity index (χ1) is 11.5. The van der Waals surface area contributed by atoms with Crippen LogP contribution in [0.15, 0.2) is 24.3 Å². The maximum atomic E-state index is 6.09. The summed E-state index contributed by atoms with van der Waals surface area (Å²) in [6.45, 7) is 14.3. The molecule has 2 aromatic rings. The fourth-order valence-corrected chi connectivity index (χ4v) is 3.15. The summed E-state index contributed by atoms with van der Waals surface area (Å²) in [6.07, 6.45) is 2.00. The highest BCUT2D eigenvalue weighted by Crippen LogP contribution is 2.42. The van der Waals surface area contributed by atoms with Crippen molar-refractivity contribution in [3.8, 4) is 22.6 Å². The maximum absolute atomic E-state index is 6.09. The average Bonchev–Trinajstić information content (AvgIpc) is 2.51. The minimum absolute atomic E-state index is 0.728. The zero-order valence-electron chi connectivity index (χ0n) is 16.0.